The molecule has 0 aliphatic carbocycles. The molecule has 7 heteroatoms. The smallest absolute Gasteiger partial charge is 0.325 e. The monoisotopic (exact) mass is 431 g/mol. The van der Waals surface area contributed by atoms with Crippen molar-refractivity contribution in [1.29, 1.82) is 0 Å². The van der Waals surface area contributed by atoms with Crippen molar-refractivity contribution in [2.75, 3.05) is 25.5 Å². The van der Waals surface area contributed by atoms with E-state index in [0.717, 1.165) is 23.9 Å². The first kappa shape index (κ1) is 19.4. The maximum Gasteiger partial charge on any atom is 0.325 e. The molecular formula is C20H22BrN3O3. The van der Waals surface area contributed by atoms with Crippen LogP contribution in [-0.2, 0) is 4.79 Å². The predicted molar refractivity (Wildman–Crippen MR) is 108 cm³/mol. The zero-order chi connectivity index (χ0) is 19.2. The van der Waals surface area contributed by atoms with Crippen LogP contribution in [0, 0.1) is 0 Å². The molecule has 1 saturated heterocycles. The van der Waals surface area contributed by atoms with E-state index in [1.807, 2.05) is 12.1 Å². The number of urea groups is 1. The Bertz CT molecular complexity index is 810. The summed E-state index contributed by atoms with van der Waals surface area (Å²) in [5.41, 5.74) is 1.77. The maximum atomic E-state index is 12.3. The van der Waals surface area contributed by atoms with E-state index < -0.39 is 6.03 Å². The molecule has 2 aromatic carbocycles. The van der Waals surface area contributed by atoms with E-state index in [1.165, 1.54) is 5.56 Å². The van der Waals surface area contributed by atoms with Gasteiger partial charge in [-0.25, -0.2) is 4.79 Å². The normalized spacial score (nSPS) is 16.7. The van der Waals surface area contributed by atoms with Gasteiger partial charge in [-0.2, -0.15) is 0 Å². The highest BCUT2D eigenvalue weighted by molar-refractivity contribution is 9.10. The van der Waals surface area contributed by atoms with Crippen LogP contribution in [0.5, 0.6) is 5.75 Å². The summed E-state index contributed by atoms with van der Waals surface area (Å²) < 4.78 is 6.10. The predicted octanol–water partition coefficient (Wildman–Crippen LogP) is 3.94. The maximum absolute atomic E-state index is 12.3. The van der Waals surface area contributed by atoms with E-state index in [9.17, 15) is 9.59 Å². The summed E-state index contributed by atoms with van der Waals surface area (Å²) in [6.45, 7) is 1.03. The second-order valence-corrected chi connectivity index (χ2v) is 7.33. The van der Waals surface area contributed by atoms with Gasteiger partial charge in [0.15, 0.2) is 0 Å². The second kappa shape index (κ2) is 9.01. The number of hydrogen-bond donors (Lipinski definition) is 2. The number of nitrogens with one attached hydrogen (secondary N) is 2. The number of carbonyl (C=O) groups is 2. The van der Waals surface area contributed by atoms with E-state index in [1.54, 1.807) is 31.4 Å². The fourth-order valence-corrected chi connectivity index (χ4v) is 3.71. The third-order valence-electron chi connectivity index (χ3n) is 4.54. The molecule has 1 heterocycles. The van der Waals surface area contributed by atoms with Gasteiger partial charge in [-0.3, -0.25) is 15.0 Å². The Kier molecular flexibility index (Phi) is 6.47. The highest BCUT2D eigenvalue weighted by Gasteiger charge is 2.28. The molecule has 0 saturated carbocycles. The van der Waals surface area contributed by atoms with Gasteiger partial charge in [0.1, 0.15) is 5.75 Å². The molecule has 2 aromatic rings. The number of halogens is 1. The number of ether oxygens (including phenoxy) is 1. The zero-order valence-electron chi connectivity index (χ0n) is 15.1. The number of likely N-dealkylation sites (tertiary alicyclic amines) is 1. The lowest BCUT2D eigenvalue weighted by Gasteiger charge is -2.24. The number of rotatable bonds is 5. The van der Waals surface area contributed by atoms with E-state index in [0.29, 0.717) is 11.4 Å². The van der Waals surface area contributed by atoms with Crippen molar-refractivity contribution in [3.63, 3.8) is 0 Å². The minimum atomic E-state index is -0.539. The van der Waals surface area contributed by atoms with E-state index in [2.05, 4.69) is 43.6 Å². The van der Waals surface area contributed by atoms with Gasteiger partial charge in [0, 0.05) is 16.2 Å². The van der Waals surface area contributed by atoms with Gasteiger partial charge in [0.25, 0.3) is 0 Å². The summed E-state index contributed by atoms with van der Waals surface area (Å²) in [4.78, 5) is 26.5. The number of hydrogen-bond acceptors (Lipinski definition) is 4. The fraction of sp³-hybridized carbons (Fsp3) is 0.300. The summed E-state index contributed by atoms with van der Waals surface area (Å²) in [7, 11) is 1.58. The molecule has 1 aliphatic rings. The lowest BCUT2D eigenvalue weighted by molar-refractivity contribution is -0.121. The van der Waals surface area contributed by atoms with Crippen molar-refractivity contribution >= 4 is 33.6 Å². The number of carbonyl (C=O) groups excluding carboxylic acids is 2. The van der Waals surface area contributed by atoms with Crippen molar-refractivity contribution in [2.45, 2.75) is 18.9 Å². The third kappa shape index (κ3) is 5.30. The van der Waals surface area contributed by atoms with Crippen LogP contribution in [0.4, 0.5) is 10.5 Å². The number of amides is 3. The average molecular weight is 432 g/mol. The van der Waals surface area contributed by atoms with Crippen molar-refractivity contribution in [2.24, 2.45) is 0 Å². The molecule has 0 spiro atoms. The second-order valence-electron chi connectivity index (χ2n) is 6.41. The molecule has 1 unspecified atom stereocenters. The van der Waals surface area contributed by atoms with Crippen LogP contribution in [0.1, 0.15) is 24.4 Å². The van der Waals surface area contributed by atoms with Crippen LogP contribution in [0.15, 0.2) is 53.0 Å². The molecule has 0 bridgehead atoms. The highest BCUT2D eigenvalue weighted by atomic mass is 79.9. The molecule has 3 amide bonds. The SMILES string of the molecule is COc1ccc(NC(=O)NC(=O)CN2CCCC2c2cccc(Br)c2)cc1. The van der Waals surface area contributed by atoms with Gasteiger partial charge in [-0.05, 0) is 61.3 Å². The Balaban J connectivity index is 1.53. The molecule has 142 valence electrons. The highest BCUT2D eigenvalue weighted by Crippen LogP contribution is 2.32. The molecule has 1 atom stereocenters. The van der Waals surface area contributed by atoms with Gasteiger partial charge < -0.3 is 10.1 Å². The van der Waals surface area contributed by atoms with Gasteiger partial charge >= 0.3 is 6.03 Å². The molecule has 2 N–H and O–H groups in total. The molecule has 6 nitrogen and oxygen atoms in total. The van der Waals surface area contributed by atoms with Crippen LogP contribution in [0.2, 0.25) is 0 Å². The summed E-state index contributed by atoms with van der Waals surface area (Å²) in [5.74, 6) is 0.382. The fourth-order valence-electron chi connectivity index (χ4n) is 3.29. The molecule has 1 fully saturated rings. The largest absolute Gasteiger partial charge is 0.497 e. The minimum Gasteiger partial charge on any atom is -0.497 e. The average Bonchev–Trinajstić information content (AvgIpc) is 3.10. The van der Waals surface area contributed by atoms with Crippen LogP contribution in [0.3, 0.4) is 0 Å². The lowest BCUT2D eigenvalue weighted by Crippen LogP contribution is -2.41. The van der Waals surface area contributed by atoms with Crippen LogP contribution < -0.4 is 15.4 Å². The van der Waals surface area contributed by atoms with Crippen molar-refractivity contribution in [3.05, 3.63) is 58.6 Å². The molecule has 0 aromatic heterocycles. The van der Waals surface area contributed by atoms with Gasteiger partial charge in [-0.1, -0.05) is 28.1 Å². The van der Waals surface area contributed by atoms with Crippen molar-refractivity contribution < 1.29 is 14.3 Å². The summed E-state index contributed by atoms with van der Waals surface area (Å²) in [6, 6.07) is 14.7. The molecular weight excluding hydrogens is 410 g/mol. The standard InChI is InChI=1S/C20H22BrN3O3/c1-27-17-9-7-16(8-10-17)22-20(26)23-19(25)13-24-11-3-6-18(24)14-4-2-5-15(21)12-14/h2,4-5,7-10,12,18H,3,6,11,13H2,1H3,(H2,22,23,25,26). The summed E-state index contributed by atoms with van der Waals surface area (Å²) >= 11 is 3.49. The number of methoxy groups -OCH3 is 1. The van der Waals surface area contributed by atoms with Crippen molar-refractivity contribution in [3.8, 4) is 5.75 Å². The summed E-state index contributed by atoms with van der Waals surface area (Å²) in [5, 5.41) is 5.04. The first-order valence-electron chi connectivity index (χ1n) is 8.79. The van der Waals surface area contributed by atoms with E-state index in [-0.39, 0.29) is 18.5 Å². The minimum absolute atomic E-state index is 0.188. The zero-order valence-corrected chi connectivity index (χ0v) is 16.7. The van der Waals surface area contributed by atoms with Crippen LogP contribution in [0.25, 0.3) is 0 Å². The van der Waals surface area contributed by atoms with Crippen LogP contribution in [-0.4, -0.2) is 37.0 Å². The van der Waals surface area contributed by atoms with Gasteiger partial charge in [0.05, 0.1) is 13.7 Å². The quantitative estimate of drug-likeness (QED) is 0.751. The number of imide groups is 1. The topological polar surface area (TPSA) is 70.7 Å². The van der Waals surface area contributed by atoms with Crippen LogP contribution >= 0.6 is 15.9 Å². The Morgan fingerprint density at radius 2 is 2.00 bits per heavy atom. The first-order valence-corrected chi connectivity index (χ1v) is 9.59. The van der Waals surface area contributed by atoms with Gasteiger partial charge in [-0.15, -0.1) is 0 Å². The molecule has 27 heavy (non-hydrogen) atoms. The van der Waals surface area contributed by atoms with Gasteiger partial charge in [0.2, 0.25) is 5.91 Å². The Labute approximate surface area is 167 Å². The Morgan fingerprint density at radius 3 is 2.70 bits per heavy atom. The third-order valence-corrected chi connectivity index (χ3v) is 5.04. The Hall–Kier alpha value is -2.38. The number of benzene rings is 2. The number of anilines is 1. The summed E-state index contributed by atoms with van der Waals surface area (Å²) in [6.07, 6.45) is 2.03. The molecule has 3 rings (SSSR count). The van der Waals surface area contributed by atoms with E-state index in [4.69, 9.17) is 4.74 Å². The lowest BCUT2D eigenvalue weighted by atomic mass is 10.0. The molecule has 0 radical (unpaired) electrons. The first-order chi connectivity index (χ1) is 13.0. The Morgan fingerprint density at radius 1 is 1.22 bits per heavy atom. The molecule has 1 aliphatic heterocycles. The number of nitrogens with zero attached hydrogens (tertiary/aromatic N) is 1. The van der Waals surface area contributed by atoms with Crippen molar-refractivity contribution in [1.82, 2.24) is 10.2 Å². The van der Waals surface area contributed by atoms with E-state index >= 15 is 0 Å².